The van der Waals surface area contributed by atoms with Crippen LogP contribution >= 0.6 is 23.1 Å². The first kappa shape index (κ1) is 23.3. The minimum absolute atomic E-state index is 0.157. The molecule has 0 spiro atoms. The largest absolute Gasteiger partial charge is 0.462 e. The normalized spacial score (nSPS) is 12.7. The van der Waals surface area contributed by atoms with Gasteiger partial charge < -0.3 is 10.1 Å². The van der Waals surface area contributed by atoms with E-state index in [4.69, 9.17) is 4.74 Å². The summed E-state index contributed by atoms with van der Waals surface area (Å²) in [7, 11) is 0. The lowest BCUT2D eigenvalue weighted by atomic mass is 9.95. The summed E-state index contributed by atoms with van der Waals surface area (Å²) in [5.74, 6) is -0.0225. The van der Waals surface area contributed by atoms with Gasteiger partial charge in [-0.1, -0.05) is 0 Å². The summed E-state index contributed by atoms with van der Waals surface area (Å²) in [6.45, 7) is 7.90. The molecule has 1 aliphatic rings. The van der Waals surface area contributed by atoms with Crippen LogP contribution in [0.1, 0.15) is 69.4 Å². The molecule has 2 heterocycles. The number of aromatic nitrogens is 1. The van der Waals surface area contributed by atoms with Crippen LogP contribution < -0.4 is 5.32 Å². The van der Waals surface area contributed by atoms with Gasteiger partial charge in [-0.3, -0.25) is 4.79 Å². The van der Waals surface area contributed by atoms with Crippen LogP contribution in [0.4, 0.5) is 5.00 Å². The van der Waals surface area contributed by atoms with Gasteiger partial charge in [0.15, 0.2) is 0 Å². The molecule has 1 amide bonds. The Balaban J connectivity index is 1.69. The maximum atomic E-state index is 12.6. The lowest BCUT2D eigenvalue weighted by Crippen LogP contribution is -2.16. The van der Waals surface area contributed by atoms with Gasteiger partial charge in [0.1, 0.15) is 16.1 Å². The molecule has 0 aliphatic heterocycles. The summed E-state index contributed by atoms with van der Waals surface area (Å²) < 4.78 is 5.24. The molecule has 31 heavy (non-hydrogen) atoms. The number of ether oxygens (including phenoxy) is 1. The van der Waals surface area contributed by atoms with Crippen molar-refractivity contribution in [3.05, 3.63) is 38.4 Å². The van der Waals surface area contributed by atoms with Crippen molar-refractivity contribution in [2.75, 3.05) is 17.7 Å². The van der Waals surface area contributed by atoms with Crippen LogP contribution in [0.2, 0.25) is 0 Å². The molecule has 3 rings (SSSR count). The van der Waals surface area contributed by atoms with Gasteiger partial charge >= 0.3 is 5.97 Å². The zero-order chi connectivity index (χ0) is 22.5. The Morgan fingerprint density at radius 3 is 2.68 bits per heavy atom. The number of amides is 1. The fraction of sp³-hybridized carbons (Fsp3) is 0.478. The SMILES string of the molecule is CCOC(=O)c1c(NC(=O)CCSc2nc(C)c(C)c(C)c2C#N)sc2c1CCCC2. The zero-order valence-electron chi connectivity index (χ0n) is 18.4. The van der Waals surface area contributed by atoms with Crippen LogP contribution in [0.5, 0.6) is 0 Å². The van der Waals surface area contributed by atoms with E-state index in [1.165, 1.54) is 28.0 Å². The van der Waals surface area contributed by atoms with Crippen molar-refractivity contribution in [2.24, 2.45) is 0 Å². The van der Waals surface area contributed by atoms with E-state index in [-0.39, 0.29) is 18.3 Å². The average molecular weight is 458 g/mol. The molecule has 0 saturated heterocycles. The first-order valence-corrected chi connectivity index (χ1v) is 12.3. The van der Waals surface area contributed by atoms with E-state index in [9.17, 15) is 14.9 Å². The predicted octanol–water partition coefficient (Wildman–Crippen LogP) is 5.12. The number of anilines is 1. The number of carbonyl (C=O) groups is 2. The van der Waals surface area contributed by atoms with Crippen molar-refractivity contribution < 1.29 is 14.3 Å². The van der Waals surface area contributed by atoms with Crippen LogP contribution in [-0.2, 0) is 22.4 Å². The Kier molecular flexibility index (Phi) is 7.74. The summed E-state index contributed by atoms with van der Waals surface area (Å²) >= 11 is 2.90. The van der Waals surface area contributed by atoms with E-state index in [0.29, 0.717) is 33.5 Å². The highest BCUT2D eigenvalue weighted by Gasteiger charge is 2.27. The van der Waals surface area contributed by atoms with Crippen molar-refractivity contribution >= 4 is 40.0 Å². The number of rotatable bonds is 7. The average Bonchev–Trinajstić information content (AvgIpc) is 3.10. The quantitative estimate of drug-likeness (QED) is 0.458. The molecule has 0 bridgehead atoms. The second kappa shape index (κ2) is 10.3. The first-order chi connectivity index (χ1) is 14.9. The van der Waals surface area contributed by atoms with Gasteiger partial charge in [-0.05, 0) is 70.1 Å². The molecule has 6 nitrogen and oxygen atoms in total. The third-order valence-electron chi connectivity index (χ3n) is 5.55. The summed E-state index contributed by atoms with van der Waals surface area (Å²) in [6, 6.07) is 2.24. The lowest BCUT2D eigenvalue weighted by molar-refractivity contribution is -0.115. The number of nitrogens with one attached hydrogen (secondary N) is 1. The van der Waals surface area contributed by atoms with Crippen LogP contribution in [0.3, 0.4) is 0 Å². The summed E-state index contributed by atoms with van der Waals surface area (Å²) in [5.41, 5.74) is 4.99. The summed E-state index contributed by atoms with van der Waals surface area (Å²) in [5, 5.41) is 13.7. The summed E-state index contributed by atoms with van der Waals surface area (Å²) in [6.07, 6.45) is 4.19. The topological polar surface area (TPSA) is 92.1 Å². The number of thioether (sulfide) groups is 1. The first-order valence-electron chi connectivity index (χ1n) is 10.5. The van der Waals surface area contributed by atoms with Gasteiger partial charge in [-0.2, -0.15) is 5.26 Å². The molecule has 2 aromatic heterocycles. The monoisotopic (exact) mass is 457 g/mol. The Morgan fingerprint density at radius 1 is 1.23 bits per heavy atom. The third kappa shape index (κ3) is 5.10. The van der Waals surface area contributed by atoms with Gasteiger partial charge in [-0.15, -0.1) is 23.1 Å². The minimum Gasteiger partial charge on any atom is -0.462 e. The third-order valence-corrected chi connectivity index (χ3v) is 7.73. The molecule has 1 N–H and O–H groups in total. The Morgan fingerprint density at radius 2 is 1.97 bits per heavy atom. The second-order valence-electron chi connectivity index (χ2n) is 7.52. The van der Waals surface area contributed by atoms with Crippen molar-refractivity contribution in [2.45, 2.75) is 64.8 Å². The molecule has 2 aromatic rings. The number of aryl methyl sites for hydroxylation is 2. The molecule has 8 heteroatoms. The highest BCUT2D eigenvalue weighted by molar-refractivity contribution is 7.99. The lowest BCUT2D eigenvalue weighted by Gasteiger charge is -2.12. The number of nitriles is 1. The molecular formula is C23H27N3O3S2. The van der Waals surface area contributed by atoms with Gasteiger partial charge in [-0.25, -0.2) is 9.78 Å². The molecule has 0 fully saturated rings. The fourth-order valence-electron chi connectivity index (χ4n) is 3.65. The second-order valence-corrected chi connectivity index (χ2v) is 9.71. The number of nitrogens with zero attached hydrogens (tertiary/aromatic N) is 2. The maximum Gasteiger partial charge on any atom is 0.341 e. The number of thiophene rings is 1. The van der Waals surface area contributed by atoms with Gasteiger partial charge in [0.2, 0.25) is 5.91 Å². The molecule has 0 radical (unpaired) electrons. The number of pyridine rings is 1. The van der Waals surface area contributed by atoms with E-state index in [2.05, 4.69) is 16.4 Å². The van der Waals surface area contributed by atoms with Crippen molar-refractivity contribution in [1.29, 1.82) is 5.26 Å². The van der Waals surface area contributed by atoms with E-state index in [1.807, 2.05) is 20.8 Å². The van der Waals surface area contributed by atoms with Crippen LogP contribution in [0.25, 0.3) is 0 Å². The highest BCUT2D eigenvalue weighted by atomic mass is 32.2. The number of carbonyl (C=O) groups excluding carboxylic acids is 2. The summed E-state index contributed by atoms with van der Waals surface area (Å²) in [4.78, 5) is 30.9. The molecule has 0 saturated carbocycles. The molecular weight excluding hydrogens is 430 g/mol. The Labute approximate surface area is 191 Å². The van der Waals surface area contributed by atoms with Crippen molar-refractivity contribution in [1.82, 2.24) is 4.98 Å². The van der Waals surface area contributed by atoms with Gasteiger partial charge in [0.25, 0.3) is 0 Å². The standard InChI is InChI=1S/C23H27N3O3S2/c1-5-29-23(28)20-16-8-6-7-9-18(16)31-22(20)26-19(27)10-11-30-21-17(12-24)14(3)13(2)15(4)25-21/h5-11H2,1-4H3,(H,26,27). The van der Waals surface area contributed by atoms with E-state index >= 15 is 0 Å². The van der Waals surface area contributed by atoms with E-state index in [1.54, 1.807) is 6.92 Å². The predicted molar refractivity (Wildman–Crippen MR) is 124 cm³/mol. The van der Waals surface area contributed by atoms with Crippen LogP contribution in [0.15, 0.2) is 5.03 Å². The Bertz CT molecular complexity index is 1050. The van der Waals surface area contributed by atoms with E-state index in [0.717, 1.165) is 48.1 Å². The van der Waals surface area contributed by atoms with Crippen LogP contribution in [-0.4, -0.2) is 29.2 Å². The smallest absolute Gasteiger partial charge is 0.341 e. The number of esters is 1. The maximum absolute atomic E-state index is 12.6. The van der Waals surface area contributed by atoms with Gasteiger partial charge in [0, 0.05) is 22.7 Å². The molecule has 164 valence electrons. The molecule has 1 aliphatic carbocycles. The molecule has 0 atom stereocenters. The van der Waals surface area contributed by atoms with Gasteiger partial charge in [0.05, 0.1) is 17.7 Å². The zero-order valence-corrected chi connectivity index (χ0v) is 20.0. The van der Waals surface area contributed by atoms with Crippen molar-refractivity contribution in [3.63, 3.8) is 0 Å². The van der Waals surface area contributed by atoms with Crippen LogP contribution in [0, 0.1) is 32.1 Å². The Hall–Kier alpha value is -2.37. The number of fused-ring (bicyclic) bond motifs is 1. The highest BCUT2D eigenvalue weighted by Crippen LogP contribution is 2.38. The molecule has 0 aromatic carbocycles. The number of hydrogen-bond donors (Lipinski definition) is 1. The van der Waals surface area contributed by atoms with E-state index < -0.39 is 0 Å². The number of hydrogen-bond acceptors (Lipinski definition) is 7. The fourth-order valence-corrected chi connectivity index (χ4v) is 5.97. The van der Waals surface area contributed by atoms with Crippen molar-refractivity contribution in [3.8, 4) is 6.07 Å². The molecule has 0 unspecified atom stereocenters. The minimum atomic E-state index is -0.361.